The average Bonchev–Trinajstić information content (AvgIpc) is 3.01. The van der Waals surface area contributed by atoms with Crippen LogP contribution < -0.4 is 4.72 Å². The van der Waals surface area contributed by atoms with Gasteiger partial charge in [0.05, 0.1) is 11.1 Å². The summed E-state index contributed by atoms with van der Waals surface area (Å²) in [5.41, 5.74) is 1.53. The van der Waals surface area contributed by atoms with Crippen LogP contribution in [-0.4, -0.2) is 18.2 Å². The molecular formula is C19H21N3O2S. The second kappa shape index (κ2) is 7.11. The van der Waals surface area contributed by atoms with E-state index < -0.39 is 10.0 Å². The Kier molecular flexibility index (Phi) is 4.90. The predicted octanol–water partition coefficient (Wildman–Crippen LogP) is 4.01. The predicted molar refractivity (Wildman–Crippen MR) is 99.8 cm³/mol. The van der Waals surface area contributed by atoms with Crippen molar-refractivity contribution in [3.8, 4) is 11.1 Å². The maximum Gasteiger partial charge on any atom is 0.263 e. The Morgan fingerprint density at radius 3 is 2.40 bits per heavy atom. The van der Waals surface area contributed by atoms with Crippen molar-refractivity contribution in [1.82, 2.24) is 9.78 Å². The van der Waals surface area contributed by atoms with Gasteiger partial charge in [0.2, 0.25) is 0 Å². The molecule has 0 atom stereocenters. The summed E-state index contributed by atoms with van der Waals surface area (Å²) in [4.78, 5) is 0.249. The molecule has 25 heavy (non-hydrogen) atoms. The number of nitrogens with zero attached hydrogens (tertiary/aromatic N) is 2. The van der Waals surface area contributed by atoms with Gasteiger partial charge in [-0.05, 0) is 17.5 Å². The molecule has 5 nitrogen and oxygen atoms in total. The Morgan fingerprint density at radius 2 is 1.68 bits per heavy atom. The van der Waals surface area contributed by atoms with E-state index in [-0.39, 0.29) is 4.90 Å². The van der Waals surface area contributed by atoms with Gasteiger partial charge in [0.25, 0.3) is 10.0 Å². The minimum absolute atomic E-state index is 0.249. The van der Waals surface area contributed by atoms with E-state index in [4.69, 9.17) is 0 Å². The van der Waals surface area contributed by atoms with Gasteiger partial charge in [0, 0.05) is 18.2 Å². The molecule has 3 aromatic rings. The topological polar surface area (TPSA) is 64.0 Å². The molecule has 0 bridgehead atoms. The number of benzene rings is 2. The van der Waals surface area contributed by atoms with Crippen molar-refractivity contribution in [2.75, 3.05) is 4.72 Å². The van der Waals surface area contributed by atoms with Crippen molar-refractivity contribution in [2.24, 2.45) is 5.92 Å². The van der Waals surface area contributed by atoms with Crippen molar-refractivity contribution in [3.05, 3.63) is 66.9 Å². The Labute approximate surface area is 148 Å². The van der Waals surface area contributed by atoms with E-state index in [0.717, 1.165) is 5.56 Å². The summed E-state index contributed by atoms with van der Waals surface area (Å²) >= 11 is 0. The number of anilines is 1. The van der Waals surface area contributed by atoms with Gasteiger partial charge in [0.1, 0.15) is 5.82 Å². The summed E-state index contributed by atoms with van der Waals surface area (Å²) in [6.07, 6.45) is 1.60. The first-order valence-corrected chi connectivity index (χ1v) is 9.65. The van der Waals surface area contributed by atoms with Crippen LogP contribution >= 0.6 is 0 Å². The number of sulfonamides is 1. The lowest BCUT2D eigenvalue weighted by Crippen LogP contribution is -2.18. The van der Waals surface area contributed by atoms with E-state index in [2.05, 4.69) is 23.7 Å². The molecule has 0 amide bonds. The summed E-state index contributed by atoms with van der Waals surface area (Å²) in [5.74, 6) is 0.830. The van der Waals surface area contributed by atoms with Gasteiger partial charge in [0.15, 0.2) is 0 Å². The quantitative estimate of drug-likeness (QED) is 0.727. The minimum Gasteiger partial charge on any atom is -0.264 e. The molecule has 0 spiro atoms. The molecule has 130 valence electrons. The standard InChI is InChI=1S/C19H21N3O2S/c1-15(2)14-22-19(12-13-20-22)21-25(23,24)18-11-7-6-10-17(18)16-8-4-3-5-9-16/h3-13,15,21H,14H2,1-2H3. The van der Waals surface area contributed by atoms with Crippen molar-refractivity contribution in [1.29, 1.82) is 0 Å². The van der Waals surface area contributed by atoms with E-state index >= 15 is 0 Å². The largest absolute Gasteiger partial charge is 0.264 e. The summed E-state index contributed by atoms with van der Waals surface area (Å²) < 4.78 is 30.3. The molecular weight excluding hydrogens is 334 g/mol. The summed E-state index contributed by atoms with van der Waals surface area (Å²) in [5, 5.41) is 4.20. The smallest absolute Gasteiger partial charge is 0.263 e. The zero-order valence-corrected chi connectivity index (χ0v) is 15.1. The highest BCUT2D eigenvalue weighted by molar-refractivity contribution is 7.92. The van der Waals surface area contributed by atoms with Gasteiger partial charge in [-0.1, -0.05) is 62.4 Å². The number of hydrogen-bond donors (Lipinski definition) is 1. The summed E-state index contributed by atoms with van der Waals surface area (Å²) in [6.45, 7) is 4.76. The van der Waals surface area contributed by atoms with Crippen LogP contribution in [0, 0.1) is 5.92 Å². The fourth-order valence-corrected chi connectivity index (χ4v) is 3.95. The highest BCUT2D eigenvalue weighted by Gasteiger charge is 2.20. The van der Waals surface area contributed by atoms with Gasteiger partial charge in [-0.2, -0.15) is 5.10 Å². The van der Waals surface area contributed by atoms with Crippen LogP contribution in [0.1, 0.15) is 13.8 Å². The first-order chi connectivity index (χ1) is 12.0. The molecule has 0 aliphatic heterocycles. The van der Waals surface area contributed by atoms with Crippen LogP contribution in [-0.2, 0) is 16.6 Å². The van der Waals surface area contributed by atoms with E-state index in [1.807, 2.05) is 42.5 Å². The van der Waals surface area contributed by atoms with E-state index in [1.54, 1.807) is 29.1 Å². The molecule has 1 heterocycles. The molecule has 0 radical (unpaired) electrons. The lowest BCUT2D eigenvalue weighted by atomic mass is 10.1. The minimum atomic E-state index is -3.73. The van der Waals surface area contributed by atoms with Gasteiger partial charge in [-0.25, -0.2) is 13.1 Å². The van der Waals surface area contributed by atoms with Crippen LogP contribution in [0.2, 0.25) is 0 Å². The third kappa shape index (κ3) is 3.91. The molecule has 3 rings (SSSR count). The Balaban J connectivity index is 1.98. The molecule has 0 saturated heterocycles. The maximum atomic E-state index is 13.0. The SMILES string of the molecule is CC(C)Cn1nccc1NS(=O)(=O)c1ccccc1-c1ccccc1. The maximum absolute atomic E-state index is 13.0. The van der Waals surface area contributed by atoms with Crippen molar-refractivity contribution in [2.45, 2.75) is 25.3 Å². The molecule has 0 unspecified atom stereocenters. The van der Waals surface area contributed by atoms with Gasteiger partial charge < -0.3 is 0 Å². The van der Waals surface area contributed by atoms with Gasteiger partial charge in [-0.3, -0.25) is 4.72 Å². The van der Waals surface area contributed by atoms with E-state index in [9.17, 15) is 8.42 Å². The van der Waals surface area contributed by atoms with Gasteiger partial charge >= 0.3 is 0 Å². The molecule has 0 aliphatic carbocycles. The fourth-order valence-electron chi connectivity index (χ4n) is 2.66. The van der Waals surface area contributed by atoms with E-state index in [0.29, 0.717) is 23.8 Å². The molecule has 0 aliphatic rings. The average molecular weight is 355 g/mol. The number of nitrogens with one attached hydrogen (secondary N) is 1. The van der Waals surface area contributed by atoms with Crippen molar-refractivity contribution >= 4 is 15.8 Å². The zero-order valence-electron chi connectivity index (χ0n) is 14.3. The Bertz CT molecular complexity index is 948. The first kappa shape index (κ1) is 17.2. The van der Waals surface area contributed by atoms with Crippen LogP contribution in [0.15, 0.2) is 71.8 Å². The van der Waals surface area contributed by atoms with Crippen molar-refractivity contribution < 1.29 is 8.42 Å². The number of rotatable bonds is 6. The molecule has 6 heteroatoms. The first-order valence-electron chi connectivity index (χ1n) is 8.16. The molecule has 1 aromatic heterocycles. The highest BCUT2D eigenvalue weighted by atomic mass is 32.2. The third-order valence-electron chi connectivity index (χ3n) is 3.75. The Morgan fingerprint density at radius 1 is 1.00 bits per heavy atom. The van der Waals surface area contributed by atoms with Crippen LogP contribution in [0.5, 0.6) is 0 Å². The highest BCUT2D eigenvalue weighted by Crippen LogP contribution is 2.28. The third-order valence-corrected chi connectivity index (χ3v) is 5.17. The van der Waals surface area contributed by atoms with Crippen LogP contribution in [0.4, 0.5) is 5.82 Å². The van der Waals surface area contributed by atoms with Crippen LogP contribution in [0.3, 0.4) is 0 Å². The lowest BCUT2D eigenvalue weighted by Gasteiger charge is -2.14. The van der Waals surface area contributed by atoms with Crippen LogP contribution in [0.25, 0.3) is 11.1 Å². The molecule has 0 fully saturated rings. The number of aromatic nitrogens is 2. The second-order valence-electron chi connectivity index (χ2n) is 6.26. The monoisotopic (exact) mass is 355 g/mol. The Hall–Kier alpha value is -2.60. The van der Waals surface area contributed by atoms with Crippen molar-refractivity contribution in [3.63, 3.8) is 0 Å². The summed E-state index contributed by atoms with van der Waals surface area (Å²) in [7, 11) is -3.73. The fraction of sp³-hybridized carbons (Fsp3) is 0.211. The van der Waals surface area contributed by atoms with Gasteiger partial charge in [-0.15, -0.1) is 0 Å². The second-order valence-corrected chi connectivity index (χ2v) is 7.91. The zero-order chi connectivity index (χ0) is 17.9. The normalized spacial score (nSPS) is 11.6. The lowest BCUT2D eigenvalue weighted by molar-refractivity contribution is 0.488. The molecule has 2 aromatic carbocycles. The summed E-state index contributed by atoms with van der Waals surface area (Å²) in [6, 6.07) is 18.2. The number of hydrogen-bond acceptors (Lipinski definition) is 3. The van der Waals surface area contributed by atoms with E-state index in [1.165, 1.54) is 0 Å². The molecule has 0 saturated carbocycles. The molecule has 1 N–H and O–H groups in total.